The van der Waals surface area contributed by atoms with Crippen LogP contribution in [-0.2, 0) is 17.8 Å². The monoisotopic (exact) mass is 528 g/mol. The highest BCUT2D eigenvalue weighted by molar-refractivity contribution is 6.30. The molecule has 8 nitrogen and oxygen atoms in total. The SMILES string of the molecule is CCc1ccc([C@@H](C)n2nc(N3C[C@@H](c4ccccc4)C(c4ccc(Cl)cc4)=N3)n(CC(N)=O)c2=O)cc1. The zero-order valence-corrected chi connectivity index (χ0v) is 22.0. The van der Waals surface area contributed by atoms with Gasteiger partial charge in [0, 0.05) is 10.9 Å². The number of amides is 1. The van der Waals surface area contributed by atoms with Gasteiger partial charge in [0.25, 0.3) is 0 Å². The minimum absolute atomic E-state index is 0.0846. The Labute approximate surface area is 226 Å². The molecule has 2 atom stereocenters. The van der Waals surface area contributed by atoms with E-state index in [1.165, 1.54) is 14.8 Å². The van der Waals surface area contributed by atoms with Crippen molar-refractivity contribution in [3.8, 4) is 0 Å². The largest absolute Gasteiger partial charge is 0.368 e. The zero-order chi connectivity index (χ0) is 26.8. The van der Waals surface area contributed by atoms with Crippen LogP contribution >= 0.6 is 11.6 Å². The van der Waals surface area contributed by atoms with Gasteiger partial charge in [-0.15, -0.1) is 5.10 Å². The number of rotatable bonds is 8. The van der Waals surface area contributed by atoms with Crippen molar-refractivity contribution in [3.63, 3.8) is 0 Å². The van der Waals surface area contributed by atoms with Gasteiger partial charge in [0.15, 0.2) is 0 Å². The van der Waals surface area contributed by atoms with E-state index in [4.69, 9.17) is 27.5 Å². The number of nitrogens with two attached hydrogens (primary N) is 1. The first-order valence-corrected chi connectivity index (χ1v) is 13.0. The average Bonchev–Trinajstić information content (AvgIpc) is 3.51. The highest BCUT2D eigenvalue weighted by atomic mass is 35.5. The van der Waals surface area contributed by atoms with Crippen LogP contribution in [0.1, 0.15) is 48.1 Å². The lowest BCUT2D eigenvalue weighted by Crippen LogP contribution is -2.33. The van der Waals surface area contributed by atoms with Crippen LogP contribution in [-0.4, -0.2) is 32.5 Å². The predicted molar refractivity (Wildman–Crippen MR) is 150 cm³/mol. The predicted octanol–water partition coefficient (Wildman–Crippen LogP) is 4.36. The van der Waals surface area contributed by atoms with Crippen LogP contribution in [0.5, 0.6) is 0 Å². The smallest absolute Gasteiger partial charge is 0.348 e. The molecule has 0 saturated carbocycles. The first kappa shape index (κ1) is 25.5. The maximum Gasteiger partial charge on any atom is 0.348 e. The van der Waals surface area contributed by atoms with Crippen LogP contribution in [0, 0.1) is 0 Å². The van der Waals surface area contributed by atoms with Crippen molar-refractivity contribution in [2.24, 2.45) is 10.8 Å². The van der Waals surface area contributed by atoms with Crippen molar-refractivity contribution in [2.75, 3.05) is 11.6 Å². The number of nitrogens with zero attached hydrogens (tertiary/aromatic N) is 5. The molecule has 3 aromatic carbocycles. The first-order chi connectivity index (χ1) is 18.4. The molecule has 0 unspecified atom stereocenters. The maximum absolute atomic E-state index is 13.5. The second-order valence-electron chi connectivity index (χ2n) is 9.39. The zero-order valence-electron chi connectivity index (χ0n) is 21.3. The molecule has 1 aromatic heterocycles. The van der Waals surface area contributed by atoms with Crippen molar-refractivity contribution < 1.29 is 4.79 Å². The highest BCUT2D eigenvalue weighted by Crippen LogP contribution is 2.32. The molecule has 1 aliphatic rings. The van der Waals surface area contributed by atoms with Crippen LogP contribution < -0.4 is 16.4 Å². The third-order valence-electron chi connectivity index (χ3n) is 6.90. The molecule has 0 bridgehead atoms. The molecule has 0 spiro atoms. The molecule has 194 valence electrons. The number of aromatic nitrogens is 3. The number of aryl methyl sites for hydroxylation is 1. The fourth-order valence-corrected chi connectivity index (χ4v) is 4.89. The molecule has 0 saturated heterocycles. The molecule has 9 heteroatoms. The topological polar surface area (TPSA) is 98.5 Å². The summed E-state index contributed by atoms with van der Waals surface area (Å²) < 4.78 is 2.70. The van der Waals surface area contributed by atoms with E-state index >= 15 is 0 Å². The van der Waals surface area contributed by atoms with Gasteiger partial charge in [0.05, 0.1) is 18.3 Å². The second kappa shape index (κ2) is 10.7. The molecule has 2 heterocycles. The third kappa shape index (κ3) is 4.99. The minimum atomic E-state index is -0.631. The number of hydrogen-bond acceptors (Lipinski definition) is 5. The molecule has 1 aliphatic heterocycles. The molecule has 1 amide bonds. The van der Waals surface area contributed by atoms with Crippen LogP contribution in [0.15, 0.2) is 88.8 Å². The normalized spacial score (nSPS) is 15.9. The van der Waals surface area contributed by atoms with Crippen LogP contribution in [0.2, 0.25) is 5.02 Å². The van der Waals surface area contributed by atoms with Gasteiger partial charge in [-0.3, -0.25) is 9.36 Å². The van der Waals surface area contributed by atoms with Crippen molar-refractivity contribution in [1.82, 2.24) is 14.3 Å². The summed E-state index contributed by atoms with van der Waals surface area (Å²) in [5.41, 5.74) is 10.1. The average molecular weight is 529 g/mol. The van der Waals surface area contributed by atoms with Gasteiger partial charge in [-0.05, 0) is 47.7 Å². The number of benzene rings is 3. The number of primary amides is 1. The molecule has 2 N–H and O–H groups in total. The number of hydrogen-bond donors (Lipinski definition) is 1. The minimum Gasteiger partial charge on any atom is -0.368 e. The van der Waals surface area contributed by atoms with E-state index < -0.39 is 11.6 Å². The number of hydrazone groups is 1. The Balaban J connectivity index is 1.59. The summed E-state index contributed by atoms with van der Waals surface area (Å²) >= 11 is 6.14. The van der Waals surface area contributed by atoms with Gasteiger partial charge in [-0.1, -0.05) is 85.3 Å². The van der Waals surface area contributed by atoms with Crippen molar-refractivity contribution >= 4 is 29.2 Å². The molecular weight excluding hydrogens is 500 g/mol. The fraction of sp³-hybridized carbons (Fsp3) is 0.241. The van der Waals surface area contributed by atoms with Crippen LogP contribution in [0.25, 0.3) is 0 Å². The summed E-state index contributed by atoms with van der Waals surface area (Å²) in [5.74, 6) is -0.442. The molecule has 0 radical (unpaired) electrons. The Morgan fingerprint density at radius 1 is 1.05 bits per heavy atom. The second-order valence-corrected chi connectivity index (χ2v) is 9.82. The Morgan fingerprint density at radius 3 is 2.37 bits per heavy atom. The number of halogens is 1. The van der Waals surface area contributed by atoms with E-state index in [0.717, 1.165) is 28.8 Å². The lowest BCUT2D eigenvalue weighted by atomic mass is 9.91. The number of anilines is 1. The molecular formula is C29H29ClN6O2. The first-order valence-electron chi connectivity index (χ1n) is 12.6. The summed E-state index contributed by atoms with van der Waals surface area (Å²) in [6, 6.07) is 25.3. The van der Waals surface area contributed by atoms with E-state index in [2.05, 4.69) is 19.1 Å². The molecule has 4 aromatic rings. The summed E-state index contributed by atoms with van der Waals surface area (Å²) in [4.78, 5) is 25.5. The van der Waals surface area contributed by atoms with E-state index in [1.807, 2.05) is 73.7 Å². The summed E-state index contributed by atoms with van der Waals surface area (Å²) in [7, 11) is 0. The van der Waals surface area contributed by atoms with Gasteiger partial charge < -0.3 is 5.73 Å². The van der Waals surface area contributed by atoms with Crippen molar-refractivity contribution in [1.29, 1.82) is 0 Å². The lowest BCUT2D eigenvalue weighted by Gasteiger charge is -2.16. The Hall–Kier alpha value is -4.17. The molecule has 0 fully saturated rings. The Bertz CT molecular complexity index is 1520. The lowest BCUT2D eigenvalue weighted by molar-refractivity contribution is -0.118. The fourth-order valence-electron chi connectivity index (χ4n) is 4.77. The van der Waals surface area contributed by atoms with E-state index in [1.54, 1.807) is 5.01 Å². The van der Waals surface area contributed by atoms with Crippen molar-refractivity contribution in [2.45, 2.75) is 38.8 Å². The standard InChI is InChI=1S/C29H29ClN6O2/c1-3-20-9-11-21(12-10-20)19(2)36-29(38)34(18-26(31)37)28(33-36)35-17-25(22-7-5-4-6-8-22)27(32-35)23-13-15-24(30)16-14-23/h4-16,19,25H,3,17-18H2,1-2H3,(H2,31,37)/t19-,25+/m1/s1. The summed E-state index contributed by atoms with van der Waals surface area (Å²) in [6.45, 7) is 4.15. The van der Waals surface area contributed by atoms with Gasteiger partial charge in [-0.25, -0.2) is 14.5 Å². The van der Waals surface area contributed by atoms with E-state index in [9.17, 15) is 9.59 Å². The van der Waals surface area contributed by atoms with E-state index in [-0.39, 0.29) is 24.5 Å². The van der Waals surface area contributed by atoms with Gasteiger partial charge in [0.2, 0.25) is 11.9 Å². The van der Waals surface area contributed by atoms with Gasteiger partial charge in [-0.2, -0.15) is 5.10 Å². The quantitative estimate of drug-likeness (QED) is 0.367. The third-order valence-corrected chi connectivity index (χ3v) is 7.16. The maximum atomic E-state index is 13.5. The Morgan fingerprint density at radius 2 is 1.74 bits per heavy atom. The van der Waals surface area contributed by atoms with E-state index in [0.29, 0.717) is 11.6 Å². The molecule has 38 heavy (non-hydrogen) atoms. The summed E-state index contributed by atoms with van der Waals surface area (Å²) in [5, 5.41) is 11.9. The summed E-state index contributed by atoms with van der Waals surface area (Å²) in [6.07, 6.45) is 0.928. The number of carbonyl (C=O) groups is 1. The molecule has 5 rings (SSSR count). The van der Waals surface area contributed by atoms with Crippen LogP contribution in [0.3, 0.4) is 0 Å². The highest BCUT2D eigenvalue weighted by Gasteiger charge is 2.33. The number of carbonyl (C=O) groups excluding carboxylic acids is 1. The Kier molecular flexibility index (Phi) is 7.15. The van der Waals surface area contributed by atoms with Crippen molar-refractivity contribution in [3.05, 3.63) is 117 Å². The van der Waals surface area contributed by atoms with Gasteiger partial charge in [0.1, 0.15) is 6.54 Å². The van der Waals surface area contributed by atoms with Gasteiger partial charge >= 0.3 is 5.69 Å². The molecule has 0 aliphatic carbocycles. The van der Waals surface area contributed by atoms with Crippen LogP contribution in [0.4, 0.5) is 5.95 Å².